The maximum atomic E-state index is 13.3. The van der Waals surface area contributed by atoms with Crippen LogP contribution in [0, 0.1) is 0 Å². The van der Waals surface area contributed by atoms with Crippen molar-refractivity contribution >= 4 is 21.6 Å². The molecule has 0 radical (unpaired) electrons. The predicted molar refractivity (Wildman–Crippen MR) is 120 cm³/mol. The lowest BCUT2D eigenvalue weighted by atomic mass is 9.96. The molecule has 0 atom stereocenters. The summed E-state index contributed by atoms with van der Waals surface area (Å²) in [6.07, 6.45) is 2.06. The van der Waals surface area contributed by atoms with Crippen LogP contribution in [-0.4, -0.2) is 65.6 Å². The molecule has 0 aromatic heterocycles. The van der Waals surface area contributed by atoms with Gasteiger partial charge in [0.05, 0.1) is 23.7 Å². The van der Waals surface area contributed by atoms with Gasteiger partial charge in [0.25, 0.3) is 5.91 Å². The minimum Gasteiger partial charge on any atom is -0.378 e. The lowest BCUT2D eigenvalue weighted by molar-refractivity contribution is 0.0948. The van der Waals surface area contributed by atoms with Crippen LogP contribution in [0.1, 0.15) is 28.8 Å². The quantitative estimate of drug-likeness (QED) is 0.710. The normalized spacial score (nSPS) is 18.1. The van der Waals surface area contributed by atoms with Crippen molar-refractivity contribution in [3.8, 4) is 0 Å². The molecule has 2 aromatic carbocycles. The van der Waals surface area contributed by atoms with Gasteiger partial charge in [0.2, 0.25) is 10.0 Å². The van der Waals surface area contributed by atoms with E-state index in [0.717, 1.165) is 22.8 Å². The van der Waals surface area contributed by atoms with E-state index in [4.69, 9.17) is 4.74 Å². The van der Waals surface area contributed by atoms with Gasteiger partial charge in [0, 0.05) is 44.8 Å². The molecule has 1 aliphatic carbocycles. The van der Waals surface area contributed by atoms with Gasteiger partial charge >= 0.3 is 0 Å². The molecule has 31 heavy (non-hydrogen) atoms. The summed E-state index contributed by atoms with van der Waals surface area (Å²) in [4.78, 5) is 15.5. The first-order chi connectivity index (χ1) is 14.8. The minimum absolute atomic E-state index is 0.0244. The molecular formula is C23H29N3O4S. The highest BCUT2D eigenvalue weighted by Crippen LogP contribution is 2.47. The summed E-state index contributed by atoms with van der Waals surface area (Å²) < 4.78 is 31.9. The molecule has 1 amide bonds. The highest BCUT2D eigenvalue weighted by Gasteiger charge is 2.44. The largest absolute Gasteiger partial charge is 0.378 e. The molecule has 0 unspecified atom stereocenters. The Morgan fingerprint density at radius 3 is 2.39 bits per heavy atom. The van der Waals surface area contributed by atoms with E-state index in [9.17, 15) is 13.2 Å². The van der Waals surface area contributed by atoms with Gasteiger partial charge in [-0.25, -0.2) is 12.7 Å². The summed E-state index contributed by atoms with van der Waals surface area (Å²) in [5.74, 6) is -0.250. The molecule has 0 spiro atoms. The molecule has 7 nitrogen and oxygen atoms in total. The van der Waals surface area contributed by atoms with Gasteiger partial charge in [-0.1, -0.05) is 30.3 Å². The van der Waals surface area contributed by atoms with Gasteiger partial charge in [-0.05, 0) is 36.6 Å². The number of anilines is 1. The van der Waals surface area contributed by atoms with Crippen molar-refractivity contribution in [3.05, 3.63) is 59.7 Å². The second-order valence-electron chi connectivity index (χ2n) is 8.39. The third kappa shape index (κ3) is 4.46. The Balaban J connectivity index is 1.61. The standard InChI is InChI=1S/C23H29N3O4S/c1-25(2)31(28,29)19-8-9-21(26-12-14-30-15-13-26)20(16-19)22(27)24-17-23(10-11-23)18-6-4-3-5-7-18/h3-9,16H,10-15,17H2,1-2H3,(H,24,27). The zero-order valence-corrected chi connectivity index (χ0v) is 18.8. The van der Waals surface area contributed by atoms with Crippen LogP contribution in [0.3, 0.4) is 0 Å². The number of nitrogens with zero attached hydrogens (tertiary/aromatic N) is 2. The number of morpholine rings is 1. The van der Waals surface area contributed by atoms with Crippen LogP contribution in [0.25, 0.3) is 0 Å². The molecule has 166 valence electrons. The average molecular weight is 444 g/mol. The SMILES string of the molecule is CN(C)S(=O)(=O)c1ccc(N2CCOCC2)c(C(=O)NCC2(c3ccccc3)CC2)c1. The molecule has 8 heteroatoms. The first-order valence-corrected chi connectivity index (χ1v) is 12.0. The lowest BCUT2D eigenvalue weighted by Crippen LogP contribution is -2.39. The molecular weight excluding hydrogens is 414 g/mol. The second kappa shape index (κ2) is 8.61. The molecule has 2 fully saturated rings. The van der Waals surface area contributed by atoms with Crippen LogP contribution in [-0.2, 0) is 20.2 Å². The lowest BCUT2D eigenvalue weighted by Gasteiger charge is -2.30. The maximum Gasteiger partial charge on any atom is 0.253 e. The van der Waals surface area contributed by atoms with Gasteiger partial charge in [-0.3, -0.25) is 4.79 Å². The minimum atomic E-state index is -3.64. The van der Waals surface area contributed by atoms with E-state index in [1.807, 2.05) is 18.2 Å². The highest BCUT2D eigenvalue weighted by molar-refractivity contribution is 7.89. The van der Waals surface area contributed by atoms with Gasteiger partial charge in [0.1, 0.15) is 0 Å². The van der Waals surface area contributed by atoms with E-state index >= 15 is 0 Å². The fraction of sp³-hybridized carbons (Fsp3) is 0.435. The summed E-state index contributed by atoms with van der Waals surface area (Å²) in [5, 5.41) is 3.08. The van der Waals surface area contributed by atoms with Gasteiger partial charge in [-0.15, -0.1) is 0 Å². The van der Waals surface area contributed by atoms with Gasteiger partial charge < -0.3 is 15.0 Å². The molecule has 1 N–H and O–H groups in total. The van der Waals surface area contributed by atoms with Crippen molar-refractivity contribution in [1.82, 2.24) is 9.62 Å². The zero-order valence-electron chi connectivity index (χ0n) is 18.0. The summed E-state index contributed by atoms with van der Waals surface area (Å²) in [5.41, 5.74) is 2.33. The summed E-state index contributed by atoms with van der Waals surface area (Å²) in [6.45, 7) is 3.01. The Hall–Kier alpha value is -2.42. The number of carbonyl (C=O) groups is 1. The van der Waals surface area contributed by atoms with E-state index in [1.165, 1.54) is 25.7 Å². The number of sulfonamides is 1. The topological polar surface area (TPSA) is 79.0 Å². The predicted octanol–water partition coefficient (Wildman–Crippen LogP) is 2.24. The van der Waals surface area contributed by atoms with E-state index < -0.39 is 10.0 Å². The monoisotopic (exact) mass is 443 g/mol. The fourth-order valence-electron chi connectivity index (χ4n) is 4.00. The average Bonchev–Trinajstić information content (AvgIpc) is 3.59. The van der Waals surface area contributed by atoms with Crippen LogP contribution in [0.2, 0.25) is 0 Å². The Morgan fingerprint density at radius 2 is 1.77 bits per heavy atom. The van der Waals surface area contributed by atoms with Crippen molar-refractivity contribution in [2.45, 2.75) is 23.2 Å². The molecule has 1 saturated heterocycles. The number of carbonyl (C=O) groups excluding carboxylic acids is 1. The van der Waals surface area contributed by atoms with E-state index in [0.29, 0.717) is 38.4 Å². The third-order valence-corrected chi connectivity index (χ3v) is 7.98. The zero-order chi connectivity index (χ0) is 22.1. The van der Waals surface area contributed by atoms with Crippen molar-refractivity contribution in [3.63, 3.8) is 0 Å². The molecule has 0 bridgehead atoms. The van der Waals surface area contributed by atoms with Crippen molar-refractivity contribution in [2.24, 2.45) is 0 Å². The summed E-state index contributed by atoms with van der Waals surface area (Å²) in [7, 11) is -0.669. The number of rotatable bonds is 7. The Kier molecular flexibility index (Phi) is 6.05. The Morgan fingerprint density at radius 1 is 1.10 bits per heavy atom. The first-order valence-electron chi connectivity index (χ1n) is 10.6. The van der Waals surface area contributed by atoms with E-state index in [-0.39, 0.29) is 16.2 Å². The Labute approximate surface area is 184 Å². The first kappa shape index (κ1) is 21.8. The van der Waals surface area contributed by atoms with Crippen molar-refractivity contribution in [1.29, 1.82) is 0 Å². The van der Waals surface area contributed by atoms with Gasteiger partial charge in [0.15, 0.2) is 0 Å². The van der Waals surface area contributed by atoms with Crippen LogP contribution < -0.4 is 10.2 Å². The number of nitrogens with one attached hydrogen (secondary N) is 1. The summed E-state index contributed by atoms with van der Waals surface area (Å²) >= 11 is 0. The molecule has 4 rings (SSSR count). The molecule has 1 aliphatic heterocycles. The van der Waals surface area contributed by atoms with Crippen LogP contribution in [0.4, 0.5) is 5.69 Å². The van der Waals surface area contributed by atoms with E-state index in [2.05, 4.69) is 22.3 Å². The highest BCUT2D eigenvalue weighted by atomic mass is 32.2. The maximum absolute atomic E-state index is 13.3. The van der Waals surface area contributed by atoms with Gasteiger partial charge in [-0.2, -0.15) is 0 Å². The number of amides is 1. The number of ether oxygens (including phenoxy) is 1. The third-order valence-electron chi connectivity index (χ3n) is 6.17. The molecule has 1 heterocycles. The Bertz CT molecular complexity index is 1040. The van der Waals surface area contributed by atoms with Crippen LogP contribution >= 0.6 is 0 Å². The smallest absolute Gasteiger partial charge is 0.253 e. The summed E-state index contributed by atoms with van der Waals surface area (Å²) in [6, 6.07) is 15.0. The molecule has 1 saturated carbocycles. The number of hydrogen-bond donors (Lipinski definition) is 1. The molecule has 2 aliphatic rings. The van der Waals surface area contributed by atoms with Crippen molar-refractivity contribution < 1.29 is 17.9 Å². The van der Waals surface area contributed by atoms with Crippen molar-refractivity contribution in [2.75, 3.05) is 51.8 Å². The number of benzene rings is 2. The van der Waals surface area contributed by atoms with E-state index in [1.54, 1.807) is 12.1 Å². The molecule has 2 aromatic rings. The fourth-order valence-corrected chi connectivity index (χ4v) is 4.93. The second-order valence-corrected chi connectivity index (χ2v) is 10.5. The van der Waals surface area contributed by atoms with Crippen LogP contribution in [0.15, 0.2) is 53.4 Å². The van der Waals surface area contributed by atoms with Crippen LogP contribution in [0.5, 0.6) is 0 Å². The number of hydrogen-bond acceptors (Lipinski definition) is 5.